The summed E-state index contributed by atoms with van der Waals surface area (Å²) in [6, 6.07) is 14.5. The van der Waals surface area contributed by atoms with Crippen molar-refractivity contribution < 1.29 is 29.3 Å². The highest BCUT2D eigenvalue weighted by atomic mass is 16.6. The summed E-state index contributed by atoms with van der Waals surface area (Å²) in [5.74, 6) is 0.0584. The number of fused-ring (bicyclic) bond motifs is 6. The minimum Gasteiger partial charge on any atom is -0.508 e. The molecule has 0 aromatic heterocycles. The number of hydrogen-bond acceptors (Lipinski definition) is 6. The quantitative estimate of drug-likeness (QED) is 0.144. The normalized spacial score (nSPS) is 14.1. The molecule has 1 spiro atoms. The SMILES string of the molecule is CCCCCCCCCCCCCC(=O)Nc1ccc2c(c1)C(=O)OC21c2ccc(O)cc2Oc2cc(O)ccc21. The van der Waals surface area contributed by atoms with Crippen molar-refractivity contribution in [1.82, 2.24) is 0 Å². The van der Waals surface area contributed by atoms with Crippen LogP contribution >= 0.6 is 0 Å². The topological polar surface area (TPSA) is 105 Å². The van der Waals surface area contributed by atoms with E-state index >= 15 is 0 Å². The average Bonchev–Trinajstić information content (AvgIpc) is 3.23. The number of benzene rings is 3. The first-order chi connectivity index (χ1) is 19.9. The Morgan fingerprint density at radius 2 is 1.27 bits per heavy atom. The molecule has 2 heterocycles. The predicted molar refractivity (Wildman–Crippen MR) is 158 cm³/mol. The molecule has 3 aromatic carbocycles. The fourth-order valence-electron chi connectivity index (χ4n) is 5.96. The summed E-state index contributed by atoms with van der Waals surface area (Å²) in [6.07, 6.45) is 13.9. The maximum atomic E-state index is 13.2. The first-order valence-electron chi connectivity index (χ1n) is 14.9. The van der Waals surface area contributed by atoms with Gasteiger partial charge in [0.2, 0.25) is 5.91 Å². The van der Waals surface area contributed by atoms with E-state index in [4.69, 9.17) is 9.47 Å². The highest BCUT2D eigenvalue weighted by Crippen LogP contribution is 2.57. The number of anilines is 1. The molecular formula is C34H39NO6. The number of unbranched alkanes of at least 4 members (excludes halogenated alkanes) is 10. The number of phenols is 2. The van der Waals surface area contributed by atoms with Gasteiger partial charge in [0, 0.05) is 40.9 Å². The molecule has 2 aliphatic heterocycles. The summed E-state index contributed by atoms with van der Waals surface area (Å²) in [6.45, 7) is 2.24. The number of nitrogens with one attached hydrogen (secondary N) is 1. The Bertz CT molecular complexity index is 1360. The standard InChI is InChI=1S/C34H39NO6/c1-2-3-4-5-6-7-8-9-10-11-12-13-32(38)35-23-14-17-27-26(20-23)33(39)41-34(27)28-18-15-24(36)21-30(28)40-31-22-25(37)16-19-29(31)34/h14-22,36-37H,2-13H2,1H3,(H,35,38). The van der Waals surface area contributed by atoms with Gasteiger partial charge in [0.05, 0.1) is 5.56 Å². The molecule has 1 amide bonds. The zero-order chi connectivity index (χ0) is 28.8. The maximum Gasteiger partial charge on any atom is 0.340 e. The summed E-state index contributed by atoms with van der Waals surface area (Å²) in [4.78, 5) is 25.9. The Kier molecular flexibility index (Phi) is 8.81. The van der Waals surface area contributed by atoms with Crippen molar-refractivity contribution in [2.75, 3.05) is 5.32 Å². The van der Waals surface area contributed by atoms with Crippen LogP contribution < -0.4 is 10.1 Å². The summed E-state index contributed by atoms with van der Waals surface area (Å²) < 4.78 is 12.1. The molecule has 0 aliphatic carbocycles. The average molecular weight is 558 g/mol. The number of phenolic OH excluding ortho intramolecular Hbond substituents is 2. The van der Waals surface area contributed by atoms with Crippen molar-refractivity contribution in [1.29, 1.82) is 0 Å². The van der Waals surface area contributed by atoms with E-state index in [-0.39, 0.29) is 17.4 Å². The Balaban J connectivity index is 1.22. The molecule has 0 saturated heterocycles. The largest absolute Gasteiger partial charge is 0.508 e. The van der Waals surface area contributed by atoms with E-state index < -0.39 is 11.6 Å². The van der Waals surface area contributed by atoms with Gasteiger partial charge in [-0.15, -0.1) is 0 Å². The van der Waals surface area contributed by atoms with Crippen molar-refractivity contribution >= 4 is 17.6 Å². The lowest BCUT2D eigenvalue weighted by atomic mass is 9.77. The van der Waals surface area contributed by atoms with Crippen LogP contribution in [0.2, 0.25) is 0 Å². The highest BCUT2D eigenvalue weighted by molar-refractivity contribution is 5.99. The summed E-state index contributed by atoms with van der Waals surface area (Å²) >= 11 is 0. The van der Waals surface area contributed by atoms with Crippen LogP contribution in [0.1, 0.15) is 111 Å². The van der Waals surface area contributed by atoms with E-state index in [1.165, 1.54) is 75.6 Å². The van der Waals surface area contributed by atoms with E-state index in [1.807, 2.05) is 0 Å². The summed E-state index contributed by atoms with van der Waals surface area (Å²) in [5, 5.41) is 23.1. The Morgan fingerprint density at radius 3 is 1.85 bits per heavy atom. The van der Waals surface area contributed by atoms with Crippen LogP contribution in [0.15, 0.2) is 54.6 Å². The van der Waals surface area contributed by atoms with Crippen LogP contribution in [-0.2, 0) is 15.1 Å². The van der Waals surface area contributed by atoms with Crippen LogP contribution in [-0.4, -0.2) is 22.1 Å². The summed E-state index contributed by atoms with van der Waals surface area (Å²) in [7, 11) is 0. The minimum atomic E-state index is -1.31. The number of ether oxygens (including phenoxy) is 2. The Morgan fingerprint density at radius 1 is 0.732 bits per heavy atom. The maximum absolute atomic E-state index is 13.2. The van der Waals surface area contributed by atoms with Crippen molar-refractivity contribution in [3.63, 3.8) is 0 Å². The second kappa shape index (κ2) is 12.7. The lowest BCUT2D eigenvalue weighted by molar-refractivity contribution is -0.116. The van der Waals surface area contributed by atoms with Crippen molar-refractivity contribution in [3.05, 3.63) is 76.9 Å². The molecule has 7 heteroatoms. The number of carbonyl (C=O) groups is 2. The van der Waals surface area contributed by atoms with Gasteiger partial charge in [0.15, 0.2) is 5.60 Å². The molecule has 0 bridgehead atoms. The van der Waals surface area contributed by atoms with Gasteiger partial charge in [-0.3, -0.25) is 4.79 Å². The van der Waals surface area contributed by atoms with Crippen molar-refractivity contribution in [3.8, 4) is 23.0 Å². The molecule has 3 aromatic rings. The smallest absolute Gasteiger partial charge is 0.340 e. The van der Waals surface area contributed by atoms with Gasteiger partial charge >= 0.3 is 5.97 Å². The third-order valence-corrected chi connectivity index (χ3v) is 8.06. The number of amides is 1. The molecule has 216 valence electrons. The molecule has 0 radical (unpaired) electrons. The van der Waals surface area contributed by atoms with E-state index in [1.54, 1.807) is 30.3 Å². The predicted octanol–water partition coefficient (Wildman–Crippen LogP) is 8.31. The molecule has 0 unspecified atom stereocenters. The molecule has 3 N–H and O–H groups in total. The van der Waals surface area contributed by atoms with Gasteiger partial charge in [0.1, 0.15) is 23.0 Å². The van der Waals surface area contributed by atoms with Crippen molar-refractivity contribution in [2.45, 2.75) is 89.6 Å². The first-order valence-corrected chi connectivity index (χ1v) is 14.9. The van der Waals surface area contributed by atoms with Crippen molar-refractivity contribution in [2.24, 2.45) is 0 Å². The molecule has 5 rings (SSSR count). The first kappa shape index (κ1) is 28.5. The van der Waals surface area contributed by atoms with Gasteiger partial charge in [-0.05, 0) is 42.8 Å². The third kappa shape index (κ3) is 6.04. The van der Waals surface area contributed by atoms with Gasteiger partial charge in [-0.25, -0.2) is 4.79 Å². The molecule has 2 aliphatic rings. The second-order valence-corrected chi connectivity index (χ2v) is 11.1. The lowest BCUT2D eigenvalue weighted by Gasteiger charge is -2.36. The van der Waals surface area contributed by atoms with Gasteiger partial charge in [0.25, 0.3) is 0 Å². The highest BCUT2D eigenvalue weighted by Gasteiger charge is 2.53. The van der Waals surface area contributed by atoms with Gasteiger partial charge < -0.3 is 25.0 Å². The molecule has 0 saturated carbocycles. The monoisotopic (exact) mass is 557 g/mol. The van der Waals surface area contributed by atoms with Gasteiger partial charge in [-0.1, -0.05) is 77.2 Å². The van der Waals surface area contributed by atoms with E-state index in [0.29, 0.717) is 45.9 Å². The number of rotatable bonds is 13. The Labute approximate surface area is 241 Å². The van der Waals surface area contributed by atoms with E-state index in [0.717, 1.165) is 19.3 Å². The fourth-order valence-corrected chi connectivity index (χ4v) is 5.96. The third-order valence-electron chi connectivity index (χ3n) is 8.06. The summed E-state index contributed by atoms with van der Waals surface area (Å²) in [5.41, 5.74) is 1.30. The van der Waals surface area contributed by atoms with Crippen LogP contribution in [0.25, 0.3) is 0 Å². The zero-order valence-corrected chi connectivity index (χ0v) is 23.7. The molecule has 41 heavy (non-hydrogen) atoms. The zero-order valence-electron chi connectivity index (χ0n) is 23.7. The number of aromatic hydroxyl groups is 2. The number of hydrogen-bond donors (Lipinski definition) is 3. The Hall–Kier alpha value is -4.00. The van der Waals surface area contributed by atoms with Crippen LogP contribution in [0, 0.1) is 0 Å². The number of carbonyl (C=O) groups excluding carboxylic acids is 2. The lowest BCUT2D eigenvalue weighted by Crippen LogP contribution is -2.32. The molecule has 0 atom stereocenters. The van der Waals surface area contributed by atoms with Crippen LogP contribution in [0.4, 0.5) is 5.69 Å². The molecule has 7 nitrogen and oxygen atoms in total. The molecule has 0 fully saturated rings. The van der Waals surface area contributed by atoms with E-state index in [2.05, 4.69) is 12.2 Å². The van der Waals surface area contributed by atoms with Gasteiger partial charge in [-0.2, -0.15) is 0 Å². The number of esters is 1. The fraction of sp³-hybridized carbons (Fsp3) is 0.412. The van der Waals surface area contributed by atoms with Crippen LogP contribution in [0.5, 0.6) is 23.0 Å². The second-order valence-electron chi connectivity index (χ2n) is 11.1. The molecular weight excluding hydrogens is 518 g/mol. The minimum absolute atomic E-state index is 0.00270. The van der Waals surface area contributed by atoms with Crippen LogP contribution in [0.3, 0.4) is 0 Å². The van der Waals surface area contributed by atoms with E-state index in [9.17, 15) is 19.8 Å².